The Morgan fingerprint density at radius 3 is 2.31 bits per heavy atom. The van der Waals surface area contributed by atoms with Crippen LogP contribution in [0.25, 0.3) is 0 Å². The van der Waals surface area contributed by atoms with Gasteiger partial charge in [0.2, 0.25) is 11.8 Å². The SMILES string of the molecule is CCOc1cc2c(cc1OCC)[C@@H]1[C@H](C(=O)N3CCC(C(N)=O)CC3)c3ccccc3C(=O)N1CC2. The number of nitrogens with zero attached hydrogens (tertiary/aromatic N) is 2. The Morgan fingerprint density at radius 1 is 0.972 bits per heavy atom. The van der Waals surface area contributed by atoms with Crippen molar-refractivity contribution in [3.63, 3.8) is 0 Å². The zero-order valence-corrected chi connectivity index (χ0v) is 20.9. The lowest BCUT2D eigenvalue weighted by molar-refractivity contribution is -0.138. The molecule has 0 aliphatic carbocycles. The van der Waals surface area contributed by atoms with Crippen molar-refractivity contribution in [1.29, 1.82) is 0 Å². The molecule has 5 rings (SSSR count). The molecule has 2 aromatic rings. The fourth-order valence-corrected chi connectivity index (χ4v) is 5.92. The molecule has 3 heterocycles. The molecule has 2 aromatic carbocycles. The number of likely N-dealkylation sites (tertiary alicyclic amines) is 1. The van der Waals surface area contributed by atoms with Crippen molar-refractivity contribution >= 4 is 17.7 Å². The van der Waals surface area contributed by atoms with Crippen LogP contribution in [0.3, 0.4) is 0 Å². The second kappa shape index (κ2) is 9.84. The van der Waals surface area contributed by atoms with Crippen LogP contribution in [0.4, 0.5) is 0 Å². The highest BCUT2D eigenvalue weighted by atomic mass is 16.5. The van der Waals surface area contributed by atoms with Crippen LogP contribution in [-0.2, 0) is 16.0 Å². The number of hydrogen-bond acceptors (Lipinski definition) is 5. The van der Waals surface area contributed by atoms with Gasteiger partial charge in [-0.25, -0.2) is 0 Å². The van der Waals surface area contributed by atoms with Crippen LogP contribution in [0.15, 0.2) is 36.4 Å². The molecule has 3 aliphatic heterocycles. The molecule has 0 bridgehead atoms. The number of rotatable bonds is 6. The average Bonchev–Trinajstić information content (AvgIpc) is 2.89. The summed E-state index contributed by atoms with van der Waals surface area (Å²) in [5.74, 6) is 0.182. The molecular formula is C28H33N3O5. The second-order valence-corrected chi connectivity index (χ2v) is 9.62. The molecule has 190 valence electrons. The van der Waals surface area contributed by atoms with E-state index >= 15 is 0 Å². The van der Waals surface area contributed by atoms with Crippen molar-refractivity contribution in [3.8, 4) is 11.5 Å². The normalized spacial score (nSPS) is 21.3. The number of carbonyl (C=O) groups is 3. The van der Waals surface area contributed by atoms with Crippen molar-refractivity contribution in [3.05, 3.63) is 58.7 Å². The van der Waals surface area contributed by atoms with E-state index in [9.17, 15) is 14.4 Å². The molecule has 0 unspecified atom stereocenters. The molecule has 1 fully saturated rings. The maximum atomic E-state index is 14.2. The molecule has 3 aliphatic rings. The number of primary amides is 1. The minimum Gasteiger partial charge on any atom is -0.490 e. The van der Waals surface area contributed by atoms with Crippen molar-refractivity contribution in [2.24, 2.45) is 11.7 Å². The zero-order valence-electron chi connectivity index (χ0n) is 20.9. The third-order valence-corrected chi connectivity index (χ3v) is 7.66. The number of fused-ring (bicyclic) bond motifs is 4. The predicted molar refractivity (Wildman–Crippen MR) is 134 cm³/mol. The third-order valence-electron chi connectivity index (χ3n) is 7.66. The van der Waals surface area contributed by atoms with E-state index in [1.165, 1.54) is 0 Å². The van der Waals surface area contributed by atoms with E-state index in [0.717, 1.165) is 16.7 Å². The van der Waals surface area contributed by atoms with Crippen LogP contribution in [0.5, 0.6) is 11.5 Å². The van der Waals surface area contributed by atoms with E-state index in [1.807, 2.05) is 60.0 Å². The first kappa shape index (κ1) is 24.2. The number of carbonyl (C=O) groups excluding carboxylic acids is 3. The Bertz CT molecular complexity index is 1190. The molecule has 0 aromatic heterocycles. The zero-order chi connectivity index (χ0) is 25.4. The first-order valence-electron chi connectivity index (χ1n) is 12.8. The van der Waals surface area contributed by atoms with E-state index in [4.69, 9.17) is 15.2 Å². The highest BCUT2D eigenvalue weighted by Gasteiger charge is 2.48. The molecule has 8 heteroatoms. The van der Waals surface area contributed by atoms with Crippen LogP contribution in [0.2, 0.25) is 0 Å². The molecular weight excluding hydrogens is 458 g/mol. The van der Waals surface area contributed by atoms with E-state index in [0.29, 0.717) is 69.2 Å². The summed E-state index contributed by atoms with van der Waals surface area (Å²) in [6.07, 6.45) is 1.80. The number of hydrogen-bond donors (Lipinski definition) is 1. The highest BCUT2D eigenvalue weighted by Crippen LogP contribution is 2.49. The quantitative estimate of drug-likeness (QED) is 0.669. The summed E-state index contributed by atoms with van der Waals surface area (Å²) >= 11 is 0. The summed E-state index contributed by atoms with van der Waals surface area (Å²) in [5.41, 5.74) is 8.85. The Hall–Kier alpha value is -3.55. The molecule has 1 saturated heterocycles. The van der Waals surface area contributed by atoms with Crippen molar-refractivity contribution in [2.45, 2.75) is 45.1 Å². The number of amides is 3. The molecule has 3 amide bonds. The van der Waals surface area contributed by atoms with Crippen molar-refractivity contribution < 1.29 is 23.9 Å². The van der Waals surface area contributed by atoms with Crippen LogP contribution in [-0.4, -0.2) is 60.4 Å². The number of ether oxygens (including phenoxy) is 2. The molecule has 0 saturated carbocycles. The van der Waals surface area contributed by atoms with Crippen LogP contribution in [0, 0.1) is 5.92 Å². The largest absolute Gasteiger partial charge is 0.490 e. The minimum absolute atomic E-state index is 0.0208. The first-order chi connectivity index (χ1) is 17.4. The summed E-state index contributed by atoms with van der Waals surface area (Å²) in [4.78, 5) is 43.1. The van der Waals surface area contributed by atoms with Gasteiger partial charge in [0.25, 0.3) is 5.91 Å². The van der Waals surface area contributed by atoms with Gasteiger partial charge in [-0.2, -0.15) is 0 Å². The van der Waals surface area contributed by atoms with Crippen molar-refractivity contribution in [1.82, 2.24) is 9.80 Å². The van der Waals surface area contributed by atoms with Crippen molar-refractivity contribution in [2.75, 3.05) is 32.8 Å². The Balaban J connectivity index is 1.59. The van der Waals surface area contributed by atoms with Gasteiger partial charge in [0, 0.05) is 31.1 Å². The van der Waals surface area contributed by atoms with Gasteiger partial charge < -0.3 is 25.0 Å². The van der Waals surface area contributed by atoms with E-state index < -0.39 is 12.0 Å². The Labute approximate surface area is 211 Å². The monoisotopic (exact) mass is 491 g/mol. The van der Waals surface area contributed by atoms with Gasteiger partial charge in [-0.1, -0.05) is 18.2 Å². The van der Waals surface area contributed by atoms with Gasteiger partial charge in [0.15, 0.2) is 11.5 Å². The van der Waals surface area contributed by atoms with E-state index in [1.54, 1.807) is 0 Å². The third kappa shape index (κ3) is 4.08. The van der Waals surface area contributed by atoms with Gasteiger partial charge >= 0.3 is 0 Å². The van der Waals surface area contributed by atoms with Crippen LogP contribution in [0.1, 0.15) is 65.7 Å². The lowest BCUT2D eigenvalue weighted by Crippen LogP contribution is -2.52. The lowest BCUT2D eigenvalue weighted by atomic mass is 9.75. The fraction of sp³-hybridized carbons (Fsp3) is 0.464. The Morgan fingerprint density at radius 2 is 1.64 bits per heavy atom. The molecule has 2 atom stereocenters. The number of benzene rings is 2. The molecule has 8 nitrogen and oxygen atoms in total. The maximum Gasteiger partial charge on any atom is 0.254 e. The first-order valence-corrected chi connectivity index (χ1v) is 12.8. The summed E-state index contributed by atoms with van der Waals surface area (Å²) < 4.78 is 11.8. The molecule has 0 radical (unpaired) electrons. The standard InChI is InChI=1S/C28H33N3O5/c1-3-35-22-15-18-11-14-31-25(21(18)16-23(22)36-4-2)24(19-7-5-6-8-20(19)27(31)33)28(34)30-12-9-17(10-13-30)26(29)32/h5-8,15-17,24-25H,3-4,9-14H2,1-2H3,(H2,29,32)/t24-,25-/m1/s1. The summed E-state index contributed by atoms with van der Waals surface area (Å²) in [6, 6.07) is 11.0. The summed E-state index contributed by atoms with van der Waals surface area (Å²) in [7, 11) is 0. The van der Waals surface area contributed by atoms with Gasteiger partial charge in [0.05, 0.1) is 25.2 Å². The maximum absolute atomic E-state index is 14.2. The summed E-state index contributed by atoms with van der Waals surface area (Å²) in [6.45, 7) is 6.33. The molecule has 2 N–H and O–H groups in total. The molecule has 0 spiro atoms. The smallest absolute Gasteiger partial charge is 0.254 e. The molecule has 36 heavy (non-hydrogen) atoms. The highest BCUT2D eigenvalue weighted by molar-refractivity contribution is 6.01. The van der Waals surface area contributed by atoms with Gasteiger partial charge in [-0.15, -0.1) is 0 Å². The van der Waals surface area contributed by atoms with Crippen LogP contribution < -0.4 is 15.2 Å². The van der Waals surface area contributed by atoms with E-state index in [-0.39, 0.29) is 23.6 Å². The van der Waals surface area contributed by atoms with Gasteiger partial charge in [-0.05, 0) is 68.0 Å². The lowest BCUT2D eigenvalue weighted by Gasteiger charge is -2.47. The Kier molecular flexibility index (Phi) is 6.60. The topological polar surface area (TPSA) is 102 Å². The fourth-order valence-electron chi connectivity index (χ4n) is 5.92. The average molecular weight is 492 g/mol. The van der Waals surface area contributed by atoms with E-state index in [2.05, 4.69) is 0 Å². The van der Waals surface area contributed by atoms with Crippen LogP contribution >= 0.6 is 0 Å². The second-order valence-electron chi connectivity index (χ2n) is 9.62. The number of piperidine rings is 1. The summed E-state index contributed by atoms with van der Waals surface area (Å²) in [5, 5.41) is 0. The van der Waals surface area contributed by atoms with Gasteiger partial charge in [-0.3, -0.25) is 14.4 Å². The minimum atomic E-state index is -0.546. The number of nitrogens with two attached hydrogens (primary N) is 1. The van der Waals surface area contributed by atoms with Gasteiger partial charge in [0.1, 0.15) is 0 Å². The predicted octanol–water partition coefficient (Wildman–Crippen LogP) is 3.04.